The van der Waals surface area contributed by atoms with Crippen molar-refractivity contribution in [3.8, 4) is 11.1 Å². The Kier molecular flexibility index (Phi) is 8.98. The summed E-state index contributed by atoms with van der Waals surface area (Å²) in [5, 5.41) is 10.8. The Balaban J connectivity index is 1.29. The maximum atomic E-state index is 14.6. The van der Waals surface area contributed by atoms with Crippen molar-refractivity contribution in [3.63, 3.8) is 0 Å². The monoisotopic (exact) mass is 677 g/mol. The van der Waals surface area contributed by atoms with Crippen LogP contribution < -0.4 is 11.2 Å². The number of aryl methyl sites for hydroxylation is 4. The molecule has 3 aromatic heterocycles. The van der Waals surface area contributed by atoms with Crippen LogP contribution in [-0.2, 0) is 17.8 Å². The van der Waals surface area contributed by atoms with Crippen LogP contribution in [0.3, 0.4) is 0 Å². The number of carbonyl (C=O) groups excluding carboxylic acids is 2. The van der Waals surface area contributed by atoms with Gasteiger partial charge in [0.2, 0.25) is 5.91 Å². The van der Waals surface area contributed by atoms with E-state index in [2.05, 4.69) is 40.2 Å². The van der Waals surface area contributed by atoms with Gasteiger partial charge in [-0.1, -0.05) is 50.1 Å². The molecule has 3 aliphatic rings. The van der Waals surface area contributed by atoms with E-state index in [0.29, 0.717) is 23.8 Å². The fourth-order valence-electron chi connectivity index (χ4n) is 8.04. The topological polar surface area (TPSA) is 149 Å². The molecule has 1 amide bonds. The summed E-state index contributed by atoms with van der Waals surface area (Å²) in [7, 11) is 0. The molecule has 264 valence electrons. The van der Waals surface area contributed by atoms with Crippen LogP contribution in [0.25, 0.3) is 27.5 Å². The van der Waals surface area contributed by atoms with Gasteiger partial charge in [-0.25, -0.2) is 15.1 Å². The van der Waals surface area contributed by atoms with Crippen LogP contribution in [-0.4, -0.2) is 71.7 Å². The summed E-state index contributed by atoms with van der Waals surface area (Å²) in [6, 6.07) is 8.12. The van der Waals surface area contributed by atoms with Crippen molar-refractivity contribution in [1.82, 2.24) is 40.1 Å². The third kappa shape index (κ3) is 6.63. The predicted octanol–water partition coefficient (Wildman–Crippen LogP) is 5.86. The Bertz CT molecular complexity index is 1940. The number of carbonyl (C=O) groups is 2. The van der Waals surface area contributed by atoms with E-state index in [1.807, 2.05) is 56.3 Å². The summed E-state index contributed by atoms with van der Waals surface area (Å²) in [6.45, 7) is 13.7. The average molecular weight is 678 g/mol. The number of rotatable bonds is 5. The molecule has 0 spiro atoms. The van der Waals surface area contributed by atoms with Crippen LogP contribution in [0.1, 0.15) is 92.4 Å². The third-order valence-corrected chi connectivity index (χ3v) is 10.9. The van der Waals surface area contributed by atoms with Crippen molar-refractivity contribution in [2.24, 2.45) is 16.7 Å². The summed E-state index contributed by atoms with van der Waals surface area (Å²) in [4.78, 5) is 43.1. The van der Waals surface area contributed by atoms with E-state index < -0.39 is 6.17 Å². The number of pyridine rings is 1. The Hall–Kier alpha value is -4.26. The second-order valence-electron chi connectivity index (χ2n) is 15.6. The number of hydrazine groups is 1. The normalized spacial score (nSPS) is 23.9. The number of nitrogens with zero attached hydrogens (tertiary/aromatic N) is 8. The van der Waals surface area contributed by atoms with Gasteiger partial charge in [-0.3, -0.25) is 20.1 Å². The molecule has 0 radical (unpaired) electrons. The van der Waals surface area contributed by atoms with Crippen molar-refractivity contribution < 1.29 is 9.59 Å². The molecule has 4 aromatic rings. The SMILES string of the molecule is CC(=O)c1nn2c3c(cc(-c4cnc(C)nc4)cc13)CCCCCC(C)(C)CNC[C@@]13C[C@@H](N(N)[N-]c4nc(C)ccc4C)N(C(=O)C2)[C@@H]1C3. The molecule has 2 fully saturated rings. The van der Waals surface area contributed by atoms with Gasteiger partial charge in [-0.05, 0) is 87.4 Å². The lowest BCUT2D eigenvalue weighted by atomic mass is 9.86. The van der Waals surface area contributed by atoms with E-state index in [9.17, 15) is 9.59 Å². The van der Waals surface area contributed by atoms with Crippen LogP contribution >= 0.6 is 0 Å². The molecule has 5 heterocycles. The molecule has 3 atom stereocenters. The molecular formula is C38H49N10O2-. The molecule has 0 unspecified atom stereocenters. The van der Waals surface area contributed by atoms with E-state index in [0.717, 1.165) is 90.5 Å². The minimum absolute atomic E-state index is 0.0110. The van der Waals surface area contributed by atoms with Crippen LogP contribution in [0.5, 0.6) is 0 Å². The Morgan fingerprint density at radius 1 is 1.04 bits per heavy atom. The van der Waals surface area contributed by atoms with Crippen molar-refractivity contribution in [1.29, 1.82) is 0 Å². The number of amides is 1. The summed E-state index contributed by atoms with van der Waals surface area (Å²) in [5.74, 6) is 7.74. The highest BCUT2D eigenvalue weighted by atomic mass is 16.2. The summed E-state index contributed by atoms with van der Waals surface area (Å²) in [5.41, 5.74) is 10.6. The molecule has 1 saturated heterocycles. The lowest BCUT2D eigenvalue weighted by Crippen LogP contribution is -2.51. The van der Waals surface area contributed by atoms with Gasteiger partial charge in [0.1, 0.15) is 24.2 Å². The highest BCUT2D eigenvalue weighted by Crippen LogP contribution is 2.60. The number of hydrogen-bond donors (Lipinski definition) is 2. The zero-order chi connectivity index (χ0) is 35.4. The van der Waals surface area contributed by atoms with Crippen molar-refractivity contribution in [3.05, 3.63) is 70.4 Å². The van der Waals surface area contributed by atoms with Gasteiger partial charge in [-0.2, -0.15) is 5.10 Å². The Labute approximate surface area is 294 Å². The molecule has 12 heteroatoms. The second kappa shape index (κ2) is 13.1. The number of benzene rings is 1. The third-order valence-electron chi connectivity index (χ3n) is 10.9. The number of ketones is 1. The molecular weight excluding hydrogens is 628 g/mol. The van der Waals surface area contributed by atoms with Crippen LogP contribution in [0, 0.1) is 31.6 Å². The molecule has 50 heavy (non-hydrogen) atoms. The van der Waals surface area contributed by atoms with E-state index >= 15 is 0 Å². The van der Waals surface area contributed by atoms with Gasteiger partial charge in [0.25, 0.3) is 0 Å². The van der Waals surface area contributed by atoms with E-state index in [-0.39, 0.29) is 35.1 Å². The van der Waals surface area contributed by atoms with Gasteiger partial charge in [0.05, 0.1) is 5.52 Å². The van der Waals surface area contributed by atoms with Gasteiger partial charge in [0, 0.05) is 54.8 Å². The number of Topliss-reactive ketones (excluding diaryl/α,β-unsaturated/α-hetero) is 1. The number of hydrogen-bond acceptors (Lipinski definition) is 9. The minimum Gasteiger partial charge on any atom is -0.439 e. The first-order valence-electron chi connectivity index (χ1n) is 17.9. The average Bonchev–Trinajstić information content (AvgIpc) is 3.46. The number of aromatic nitrogens is 5. The highest BCUT2D eigenvalue weighted by Gasteiger charge is 2.66. The van der Waals surface area contributed by atoms with E-state index in [1.54, 1.807) is 4.68 Å². The quantitative estimate of drug-likeness (QED) is 0.150. The lowest BCUT2D eigenvalue weighted by molar-refractivity contribution is -0.137. The number of nitrogens with two attached hydrogens (primary N) is 1. The second-order valence-corrected chi connectivity index (χ2v) is 15.6. The standard InChI is InChI=1S/C38H49N10O2/c1-23-11-12-24(2)43-36(23)45-48(39)32-17-38-16-31(38)47(32)33(50)20-46-35-27(10-8-7-9-13-37(5,6)21-40-22-38)14-28(29-18-41-26(4)42-19-29)15-30(35)34(44-46)25(3)49/h11-12,14-15,18-19,31-32,40H,7-10,13,16-17,20-22,39H2,1-6H3/q-1/t31-,32-,38-/m1/s1. The summed E-state index contributed by atoms with van der Waals surface area (Å²) < 4.78 is 1.75. The highest BCUT2D eigenvalue weighted by molar-refractivity contribution is 6.07. The molecule has 3 N–H and O–H groups in total. The number of nitrogens with one attached hydrogen (secondary N) is 1. The molecule has 1 aromatic carbocycles. The maximum absolute atomic E-state index is 14.6. The van der Waals surface area contributed by atoms with Crippen LogP contribution in [0.2, 0.25) is 0 Å². The van der Waals surface area contributed by atoms with E-state index in [1.165, 1.54) is 12.0 Å². The fraction of sp³-hybridized carbons (Fsp3) is 0.526. The van der Waals surface area contributed by atoms with Gasteiger partial charge in [0.15, 0.2) is 5.78 Å². The molecule has 1 aliphatic carbocycles. The fourth-order valence-corrected chi connectivity index (χ4v) is 8.04. The van der Waals surface area contributed by atoms with Crippen LogP contribution in [0.4, 0.5) is 5.82 Å². The van der Waals surface area contributed by atoms with Gasteiger partial charge in [-0.15, -0.1) is 0 Å². The first kappa shape index (κ1) is 34.2. The predicted molar refractivity (Wildman–Crippen MR) is 193 cm³/mol. The first-order valence-corrected chi connectivity index (χ1v) is 17.9. The van der Waals surface area contributed by atoms with Gasteiger partial charge >= 0.3 is 0 Å². The molecule has 12 nitrogen and oxygen atoms in total. The molecule has 2 aliphatic heterocycles. The lowest BCUT2D eigenvalue weighted by Gasteiger charge is -2.38. The van der Waals surface area contributed by atoms with Gasteiger partial charge < -0.3 is 20.6 Å². The van der Waals surface area contributed by atoms with Crippen LogP contribution in [0.15, 0.2) is 36.7 Å². The first-order chi connectivity index (χ1) is 23.8. The Morgan fingerprint density at radius 3 is 2.58 bits per heavy atom. The molecule has 2 bridgehead atoms. The zero-order valence-electron chi connectivity index (χ0n) is 30.2. The molecule has 1 saturated carbocycles. The van der Waals surface area contributed by atoms with Crippen molar-refractivity contribution in [2.45, 2.75) is 105 Å². The summed E-state index contributed by atoms with van der Waals surface area (Å²) in [6.07, 6.45) is 9.90. The van der Waals surface area contributed by atoms with E-state index in [4.69, 9.17) is 16.4 Å². The summed E-state index contributed by atoms with van der Waals surface area (Å²) >= 11 is 0. The molecule has 7 rings (SSSR count). The minimum atomic E-state index is -0.446. The largest absolute Gasteiger partial charge is 0.439 e. The van der Waals surface area contributed by atoms with Crippen molar-refractivity contribution >= 4 is 28.4 Å². The zero-order valence-corrected chi connectivity index (χ0v) is 30.2. The van der Waals surface area contributed by atoms with Crippen molar-refractivity contribution in [2.75, 3.05) is 13.1 Å². The number of piperidine rings is 1. The Morgan fingerprint density at radius 2 is 1.82 bits per heavy atom. The smallest absolute Gasteiger partial charge is 0.245 e. The maximum Gasteiger partial charge on any atom is 0.245 e.